The summed E-state index contributed by atoms with van der Waals surface area (Å²) in [5.74, 6) is 1.25. The van der Waals surface area contributed by atoms with Gasteiger partial charge in [0.05, 0.1) is 7.11 Å². The number of unbranched alkanes of at least 4 members (excludes halogenated alkanes) is 1. The molecule has 0 bridgehead atoms. The van der Waals surface area contributed by atoms with Crippen molar-refractivity contribution in [2.24, 2.45) is 11.7 Å². The van der Waals surface area contributed by atoms with Gasteiger partial charge in [-0.25, -0.2) is 4.79 Å². The molecule has 0 rings (SSSR count). The van der Waals surface area contributed by atoms with Gasteiger partial charge in [-0.05, 0) is 30.8 Å². The van der Waals surface area contributed by atoms with E-state index in [4.69, 9.17) is 10.5 Å². The third kappa shape index (κ3) is 10.1. The topological polar surface area (TPSA) is 84.7 Å². The number of carbonyl (C=O) groups excluding carboxylic acids is 2. The van der Waals surface area contributed by atoms with Gasteiger partial charge in [0.25, 0.3) is 0 Å². The maximum atomic E-state index is 13.3. The Morgan fingerprint density at radius 2 is 2.03 bits per heavy atom. The second kappa shape index (κ2) is 16.9. The summed E-state index contributed by atoms with van der Waals surface area (Å²) < 4.78 is 5.18. The van der Waals surface area contributed by atoms with Crippen LogP contribution in [-0.2, 0) is 14.3 Å². The molecule has 0 heterocycles. The van der Waals surface area contributed by atoms with E-state index in [9.17, 15) is 9.59 Å². The molecule has 0 aromatic carbocycles. The molecule has 3 atom stereocenters. The zero-order valence-corrected chi connectivity index (χ0v) is 21.2. The molecule has 0 aliphatic carbocycles. The number of nitrogens with one attached hydrogen (secondary N) is 1. The molecule has 0 unspecified atom stereocenters. The molecular formula is C22H43N3O3S2. The first-order valence-electron chi connectivity index (χ1n) is 11.0. The van der Waals surface area contributed by atoms with Crippen LogP contribution in [-0.4, -0.2) is 66.4 Å². The lowest BCUT2D eigenvalue weighted by Crippen LogP contribution is -2.68. The highest BCUT2D eigenvalue weighted by atomic mass is 32.2. The first-order valence-corrected chi connectivity index (χ1v) is 13.0. The van der Waals surface area contributed by atoms with Crippen molar-refractivity contribution in [2.45, 2.75) is 71.0 Å². The molecule has 0 aliphatic rings. The van der Waals surface area contributed by atoms with Gasteiger partial charge in [-0.3, -0.25) is 10.1 Å². The number of methoxy groups -OCH3 is 1. The molecule has 1 amide bonds. The number of hydrogen-bond acceptors (Lipinski definition) is 7. The molecule has 0 aromatic heterocycles. The summed E-state index contributed by atoms with van der Waals surface area (Å²) >= 11 is 5.88. The van der Waals surface area contributed by atoms with E-state index in [1.165, 1.54) is 7.11 Å². The fraction of sp³-hybridized carbons (Fsp3) is 0.818. The highest BCUT2D eigenvalue weighted by Crippen LogP contribution is 2.24. The highest BCUT2D eigenvalue weighted by molar-refractivity contribution is 7.98. The van der Waals surface area contributed by atoms with Crippen molar-refractivity contribution in [3.8, 4) is 0 Å². The molecule has 0 spiro atoms. The van der Waals surface area contributed by atoms with Crippen LogP contribution in [0, 0.1) is 5.92 Å². The van der Waals surface area contributed by atoms with Crippen molar-refractivity contribution in [1.82, 2.24) is 10.2 Å². The number of rotatable bonds is 17. The first kappa shape index (κ1) is 29.3. The summed E-state index contributed by atoms with van der Waals surface area (Å²) in [7, 11) is 1.37. The van der Waals surface area contributed by atoms with E-state index in [0.717, 1.165) is 25.7 Å². The van der Waals surface area contributed by atoms with Crippen LogP contribution >= 0.6 is 24.4 Å². The molecule has 0 fully saturated rings. The molecule has 30 heavy (non-hydrogen) atoms. The fourth-order valence-corrected chi connectivity index (χ4v) is 3.65. The number of thioether (sulfide) groups is 1. The van der Waals surface area contributed by atoms with Gasteiger partial charge >= 0.3 is 5.97 Å². The Morgan fingerprint density at radius 3 is 2.57 bits per heavy atom. The van der Waals surface area contributed by atoms with Crippen LogP contribution in [0.15, 0.2) is 12.2 Å². The Morgan fingerprint density at radius 1 is 1.33 bits per heavy atom. The molecule has 0 aromatic rings. The zero-order valence-electron chi connectivity index (χ0n) is 19.5. The monoisotopic (exact) mass is 461 g/mol. The van der Waals surface area contributed by atoms with Gasteiger partial charge in [0, 0.05) is 37.7 Å². The summed E-state index contributed by atoms with van der Waals surface area (Å²) in [4.78, 5) is 28.0. The summed E-state index contributed by atoms with van der Waals surface area (Å²) in [6, 6.07) is -0.231. The van der Waals surface area contributed by atoms with E-state index in [1.54, 1.807) is 16.7 Å². The number of esters is 1. The summed E-state index contributed by atoms with van der Waals surface area (Å²) in [5.41, 5.74) is 4.83. The van der Waals surface area contributed by atoms with Crippen molar-refractivity contribution in [2.75, 3.05) is 38.0 Å². The van der Waals surface area contributed by atoms with Gasteiger partial charge in [0.15, 0.2) is 5.66 Å². The smallest absolute Gasteiger partial charge is 0.347 e. The normalized spacial score (nSPS) is 15.6. The van der Waals surface area contributed by atoms with E-state index in [0.29, 0.717) is 36.9 Å². The van der Waals surface area contributed by atoms with Crippen molar-refractivity contribution in [3.63, 3.8) is 0 Å². The fourth-order valence-electron chi connectivity index (χ4n) is 3.02. The maximum Gasteiger partial charge on any atom is 0.347 e. The Bertz CT molecular complexity index is 520. The SMILES string of the molecule is CCCCN(C(=O)C/C=C/C[C@@H](C)CC)[C@](CCSC)(NC[C@@H](N)CS)C(=O)OC. The van der Waals surface area contributed by atoms with Gasteiger partial charge in [-0.2, -0.15) is 24.4 Å². The van der Waals surface area contributed by atoms with Gasteiger partial charge in [-0.15, -0.1) is 0 Å². The van der Waals surface area contributed by atoms with E-state index in [2.05, 4.69) is 44.8 Å². The lowest BCUT2D eigenvalue weighted by Gasteiger charge is -2.43. The number of allylic oxidation sites excluding steroid dienone is 1. The van der Waals surface area contributed by atoms with Crippen LogP contribution < -0.4 is 11.1 Å². The average Bonchev–Trinajstić information content (AvgIpc) is 2.76. The number of hydrogen-bond donors (Lipinski definition) is 3. The highest BCUT2D eigenvalue weighted by Gasteiger charge is 2.46. The molecule has 0 saturated heterocycles. The van der Waals surface area contributed by atoms with E-state index in [-0.39, 0.29) is 18.4 Å². The van der Waals surface area contributed by atoms with Crippen LogP contribution in [0.25, 0.3) is 0 Å². The Balaban J connectivity index is 5.80. The number of carbonyl (C=O) groups is 2. The Labute approximate surface area is 193 Å². The van der Waals surface area contributed by atoms with E-state index < -0.39 is 11.6 Å². The molecule has 0 saturated carbocycles. The molecule has 6 nitrogen and oxygen atoms in total. The molecular weight excluding hydrogens is 418 g/mol. The Kier molecular flexibility index (Phi) is 16.5. The minimum Gasteiger partial charge on any atom is -0.466 e. The number of amides is 1. The second-order valence-electron chi connectivity index (χ2n) is 7.74. The predicted octanol–water partition coefficient (Wildman–Crippen LogP) is 3.47. The van der Waals surface area contributed by atoms with Crippen LogP contribution in [0.3, 0.4) is 0 Å². The Hall–Kier alpha value is -0.700. The van der Waals surface area contributed by atoms with E-state index >= 15 is 0 Å². The van der Waals surface area contributed by atoms with Crippen LogP contribution in [0.2, 0.25) is 0 Å². The molecule has 176 valence electrons. The number of nitrogens with two attached hydrogens (primary N) is 1. The lowest BCUT2D eigenvalue weighted by molar-refractivity contribution is -0.165. The van der Waals surface area contributed by atoms with Crippen molar-refractivity contribution in [3.05, 3.63) is 12.2 Å². The minimum absolute atomic E-state index is 0.0812. The van der Waals surface area contributed by atoms with Gasteiger partial charge in [0.2, 0.25) is 5.91 Å². The summed E-state index contributed by atoms with van der Waals surface area (Å²) in [5, 5.41) is 3.30. The molecule has 0 aliphatic heterocycles. The van der Waals surface area contributed by atoms with Crippen LogP contribution in [0.4, 0.5) is 0 Å². The third-order valence-corrected chi connectivity index (χ3v) is 6.36. The molecule has 0 radical (unpaired) electrons. The largest absolute Gasteiger partial charge is 0.466 e. The standard InChI is InChI=1S/C22H43N3O3S2/c1-6-8-14-25(20(26)12-10-9-11-18(3)7-2)22(13-15-30-5,21(27)28-4)24-16-19(23)17-29/h9-10,18-19,24,29H,6-8,11-17,23H2,1-5H3/b10-9+/t18-,19+,22-/m0/s1. The van der Waals surface area contributed by atoms with E-state index in [1.807, 2.05) is 12.3 Å². The van der Waals surface area contributed by atoms with Crippen molar-refractivity contribution < 1.29 is 14.3 Å². The molecule has 3 N–H and O–H groups in total. The average molecular weight is 462 g/mol. The zero-order chi connectivity index (χ0) is 23.0. The summed E-state index contributed by atoms with van der Waals surface area (Å²) in [6.07, 6.45) is 10.5. The van der Waals surface area contributed by atoms with Crippen LogP contribution in [0.5, 0.6) is 0 Å². The van der Waals surface area contributed by atoms with Gasteiger partial charge in [-0.1, -0.05) is 45.8 Å². The van der Waals surface area contributed by atoms with Gasteiger partial charge < -0.3 is 15.4 Å². The number of thiol groups is 1. The van der Waals surface area contributed by atoms with Crippen molar-refractivity contribution >= 4 is 36.3 Å². The van der Waals surface area contributed by atoms with Crippen molar-refractivity contribution in [1.29, 1.82) is 0 Å². The van der Waals surface area contributed by atoms with Gasteiger partial charge in [0.1, 0.15) is 0 Å². The quantitative estimate of drug-likeness (QED) is 0.133. The van der Waals surface area contributed by atoms with Crippen LogP contribution in [0.1, 0.15) is 59.3 Å². The maximum absolute atomic E-state index is 13.3. The first-order chi connectivity index (χ1) is 14.3. The summed E-state index contributed by atoms with van der Waals surface area (Å²) in [6.45, 7) is 7.28. The number of nitrogens with zero attached hydrogens (tertiary/aromatic N) is 1. The third-order valence-electron chi connectivity index (χ3n) is 5.27. The predicted molar refractivity (Wildman–Crippen MR) is 132 cm³/mol. The second-order valence-corrected chi connectivity index (χ2v) is 9.09. The lowest BCUT2D eigenvalue weighted by atomic mass is 10.0. The number of ether oxygens (including phenoxy) is 1. The molecule has 8 heteroatoms. The minimum atomic E-state index is -1.23.